The van der Waals surface area contributed by atoms with E-state index >= 15 is 0 Å². The average molecular weight is 636 g/mol. The summed E-state index contributed by atoms with van der Waals surface area (Å²) >= 11 is 3.34. The molecule has 11 heteroatoms. The number of hydrogen-bond donors (Lipinski definition) is 2. The van der Waals surface area contributed by atoms with Crippen molar-refractivity contribution in [3.8, 4) is 5.75 Å². The van der Waals surface area contributed by atoms with Crippen LogP contribution in [0, 0.1) is 6.92 Å². The van der Waals surface area contributed by atoms with Crippen LogP contribution in [-0.2, 0) is 19.6 Å². The Morgan fingerprint density at radius 3 is 2.20 bits per heavy atom. The van der Waals surface area contributed by atoms with E-state index in [2.05, 4.69) is 31.8 Å². The van der Waals surface area contributed by atoms with Crippen LogP contribution in [-0.4, -0.2) is 39.6 Å². The number of hydrazone groups is 1. The molecule has 0 aliphatic rings. The Labute approximate surface area is 247 Å². The highest BCUT2D eigenvalue weighted by Gasteiger charge is 2.27. The SMILES string of the molecule is Cc1ccc(NC(=O)COc2ccc(/C=N\NC(=O)CN(c3ccc(Br)cc3)S(=O)(=O)c3ccccc3)cc2)cc1. The van der Waals surface area contributed by atoms with E-state index < -0.39 is 22.5 Å². The smallest absolute Gasteiger partial charge is 0.264 e. The predicted molar refractivity (Wildman–Crippen MR) is 163 cm³/mol. The van der Waals surface area contributed by atoms with Gasteiger partial charge in [-0.25, -0.2) is 13.8 Å². The molecule has 0 radical (unpaired) electrons. The van der Waals surface area contributed by atoms with Crippen LogP contribution < -0.4 is 19.8 Å². The molecule has 0 heterocycles. The zero-order valence-corrected chi connectivity index (χ0v) is 24.4. The lowest BCUT2D eigenvalue weighted by Crippen LogP contribution is -2.39. The number of halogens is 1. The number of aryl methyl sites for hydroxylation is 1. The lowest BCUT2D eigenvalue weighted by Gasteiger charge is -2.23. The van der Waals surface area contributed by atoms with Gasteiger partial charge >= 0.3 is 0 Å². The quantitative estimate of drug-likeness (QED) is 0.175. The number of nitrogens with one attached hydrogen (secondary N) is 2. The third-order valence-corrected chi connectivity index (χ3v) is 8.04. The normalized spacial score (nSPS) is 11.2. The maximum Gasteiger partial charge on any atom is 0.264 e. The van der Waals surface area contributed by atoms with Crippen LogP contribution in [0.2, 0.25) is 0 Å². The van der Waals surface area contributed by atoms with E-state index in [0.29, 0.717) is 22.7 Å². The second-order valence-corrected chi connectivity index (χ2v) is 11.6. The van der Waals surface area contributed by atoms with Gasteiger partial charge in [-0.15, -0.1) is 0 Å². The molecule has 0 aliphatic carbocycles. The van der Waals surface area contributed by atoms with Gasteiger partial charge < -0.3 is 10.1 Å². The monoisotopic (exact) mass is 634 g/mol. The van der Waals surface area contributed by atoms with Crippen LogP contribution in [0.25, 0.3) is 0 Å². The minimum absolute atomic E-state index is 0.0640. The van der Waals surface area contributed by atoms with Crippen molar-refractivity contribution in [1.82, 2.24) is 5.43 Å². The van der Waals surface area contributed by atoms with Gasteiger partial charge in [0.1, 0.15) is 12.3 Å². The number of hydrogen-bond acceptors (Lipinski definition) is 6. The fraction of sp³-hybridized carbons (Fsp3) is 0.100. The van der Waals surface area contributed by atoms with Crippen LogP contribution >= 0.6 is 15.9 Å². The van der Waals surface area contributed by atoms with E-state index in [0.717, 1.165) is 14.3 Å². The lowest BCUT2D eigenvalue weighted by atomic mass is 10.2. The highest BCUT2D eigenvalue weighted by atomic mass is 79.9. The number of carbonyl (C=O) groups excluding carboxylic acids is 2. The summed E-state index contributed by atoms with van der Waals surface area (Å²) in [5, 5.41) is 6.72. The van der Waals surface area contributed by atoms with E-state index in [1.807, 2.05) is 31.2 Å². The second-order valence-electron chi connectivity index (χ2n) is 8.87. The van der Waals surface area contributed by atoms with E-state index in [-0.39, 0.29) is 17.4 Å². The van der Waals surface area contributed by atoms with E-state index in [1.54, 1.807) is 66.7 Å². The summed E-state index contributed by atoms with van der Waals surface area (Å²) in [5.74, 6) is -0.418. The van der Waals surface area contributed by atoms with Crippen LogP contribution in [0.1, 0.15) is 11.1 Å². The van der Waals surface area contributed by atoms with E-state index in [4.69, 9.17) is 4.74 Å². The molecular weight excluding hydrogens is 608 g/mol. The number of nitrogens with zero attached hydrogens (tertiary/aromatic N) is 2. The van der Waals surface area contributed by atoms with Gasteiger partial charge in [0.05, 0.1) is 16.8 Å². The Balaban J connectivity index is 1.33. The summed E-state index contributed by atoms with van der Waals surface area (Å²) in [4.78, 5) is 24.9. The molecule has 0 saturated heterocycles. The minimum atomic E-state index is -4.01. The third kappa shape index (κ3) is 8.50. The summed E-state index contributed by atoms with van der Waals surface area (Å²) in [7, 11) is -4.01. The number of amides is 2. The number of carbonyl (C=O) groups is 2. The van der Waals surface area contributed by atoms with Crippen molar-refractivity contribution in [2.24, 2.45) is 5.10 Å². The molecule has 210 valence electrons. The molecule has 0 aliphatic heterocycles. The molecule has 0 aromatic heterocycles. The number of rotatable bonds is 11. The second kappa shape index (κ2) is 13.7. The summed E-state index contributed by atoms with van der Waals surface area (Å²) < 4.78 is 34.0. The first-order valence-corrected chi connectivity index (χ1v) is 14.7. The molecule has 41 heavy (non-hydrogen) atoms. The standard InChI is InChI=1S/C30H27BrN4O5S/c1-22-7-13-25(14-8-22)33-30(37)21-40-27-17-9-23(10-18-27)19-32-34-29(36)20-35(26-15-11-24(31)12-16-26)41(38,39)28-5-3-2-4-6-28/h2-19H,20-21H2,1H3,(H,33,37)(H,34,36)/b32-19-. The van der Waals surface area contributed by atoms with E-state index in [9.17, 15) is 18.0 Å². The Morgan fingerprint density at radius 1 is 0.878 bits per heavy atom. The molecule has 0 bridgehead atoms. The van der Waals surface area contributed by atoms with Gasteiger partial charge in [0, 0.05) is 10.2 Å². The van der Waals surface area contributed by atoms with Crippen molar-refractivity contribution in [3.63, 3.8) is 0 Å². The molecule has 4 rings (SSSR count). The Bertz CT molecular complexity index is 1610. The zero-order valence-electron chi connectivity index (χ0n) is 22.0. The van der Waals surface area contributed by atoms with Crippen LogP contribution in [0.3, 0.4) is 0 Å². The molecule has 2 amide bonds. The van der Waals surface area contributed by atoms with Crippen molar-refractivity contribution in [1.29, 1.82) is 0 Å². The van der Waals surface area contributed by atoms with E-state index in [1.165, 1.54) is 18.3 Å². The molecule has 4 aromatic carbocycles. The fourth-order valence-corrected chi connectivity index (χ4v) is 5.33. The molecule has 9 nitrogen and oxygen atoms in total. The van der Waals surface area contributed by atoms with Crippen LogP contribution in [0.15, 0.2) is 118 Å². The van der Waals surface area contributed by atoms with Gasteiger partial charge in [0.25, 0.3) is 21.8 Å². The first-order valence-electron chi connectivity index (χ1n) is 12.5. The first kappa shape index (κ1) is 29.5. The van der Waals surface area contributed by atoms with Gasteiger partial charge in [-0.2, -0.15) is 5.10 Å². The zero-order chi connectivity index (χ0) is 29.2. The molecule has 0 atom stereocenters. The van der Waals surface area contributed by atoms with Crippen molar-refractivity contribution in [2.75, 3.05) is 22.8 Å². The third-order valence-electron chi connectivity index (χ3n) is 5.72. The summed E-state index contributed by atoms with van der Waals surface area (Å²) in [6.07, 6.45) is 1.42. The Hall–Kier alpha value is -4.48. The van der Waals surface area contributed by atoms with Gasteiger partial charge in [-0.1, -0.05) is 51.8 Å². The Kier molecular flexibility index (Phi) is 9.88. The highest BCUT2D eigenvalue weighted by molar-refractivity contribution is 9.10. The topological polar surface area (TPSA) is 117 Å². The number of anilines is 2. The number of ether oxygens (including phenoxy) is 1. The molecule has 0 unspecified atom stereocenters. The lowest BCUT2D eigenvalue weighted by molar-refractivity contribution is -0.119. The van der Waals surface area contributed by atoms with Gasteiger partial charge in [0.2, 0.25) is 0 Å². The summed E-state index contributed by atoms with van der Waals surface area (Å²) in [6.45, 7) is 1.33. The van der Waals surface area contributed by atoms with Crippen molar-refractivity contribution in [2.45, 2.75) is 11.8 Å². The molecule has 0 spiro atoms. The predicted octanol–water partition coefficient (Wildman–Crippen LogP) is 5.12. The van der Waals surface area contributed by atoms with Crippen molar-refractivity contribution < 1.29 is 22.7 Å². The first-order chi connectivity index (χ1) is 19.7. The largest absolute Gasteiger partial charge is 0.484 e. The maximum absolute atomic E-state index is 13.3. The minimum Gasteiger partial charge on any atom is -0.484 e. The summed E-state index contributed by atoms with van der Waals surface area (Å²) in [5.41, 5.74) is 5.16. The number of sulfonamides is 1. The van der Waals surface area contributed by atoms with Gasteiger partial charge in [-0.05, 0) is 85.3 Å². The van der Waals surface area contributed by atoms with Crippen molar-refractivity contribution in [3.05, 3.63) is 119 Å². The summed E-state index contributed by atoms with van der Waals surface area (Å²) in [6, 6.07) is 28.7. The number of benzene rings is 4. The van der Waals surface area contributed by atoms with Gasteiger partial charge in [0.15, 0.2) is 6.61 Å². The average Bonchev–Trinajstić information content (AvgIpc) is 2.98. The fourth-order valence-electron chi connectivity index (χ4n) is 3.62. The van der Waals surface area contributed by atoms with Crippen molar-refractivity contribution >= 4 is 55.4 Å². The molecule has 0 saturated carbocycles. The molecular formula is C30H27BrN4O5S. The van der Waals surface area contributed by atoms with Crippen LogP contribution in [0.5, 0.6) is 5.75 Å². The molecule has 2 N–H and O–H groups in total. The molecule has 0 fully saturated rings. The van der Waals surface area contributed by atoms with Crippen LogP contribution in [0.4, 0.5) is 11.4 Å². The Morgan fingerprint density at radius 2 is 1.54 bits per heavy atom. The maximum atomic E-state index is 13.3. The van der Waals surface area contributed by atoms with Gasteiger partial charge in [-0.3, -0.25) is 13.9 Å². The highest BCUT2D eigenvalue weighted by Crippen LogP contribution is 2.25. The molecule has 4 aromatic rings.